The molecule has 2 aromatic heterocycles. The van der Waals surface area contributed by atoms with E-state index < -0.39 is 5.97 Å². The molecule has 96 valence electrons. The Morgan fingerprint density at radius 3 is 2.89 bits per heavy atom. The molecule has 18 heavy (non-hydrogen) atoms. The van der Waals surface area contributed by atoms with Gasteiger partial charge in [0.2, 0.25) is 0 Å². The Labute approximate surface area is 104 Å². The van der Waals surface area contributed by atoms with E-state index >= 15 is 0 Å². The van der Waals surface area contributed by atoms with Crippen LogP contribution >= 0.6 is 0 Å². The molecule has 1 N–H and O–H groups in total. The standard InChI is InChI=1S/C12H15N3O3/c1-14(7-11-13-3-4-15(11)2)6-10-5-9(8-18-10)12(16)17/h3-5,8H,6-7H2,1-2H3,(H,16,17). The lowest BCUT2D eigenvalue weighted by Gasteiger charge is -2.14. The molecule has 0 saturated carbocycles. The highest BCUT2D eigenvalue weighted by molar-refractivity contribution is 5.87. The number of furan rings is 1. The molecule has 6 heteroatoms. The van der Waals surface area contributed by atoms with E-state index in [4.69, 9.17) is 9.52 Å². The van der Waals surface area contributed by atoms with E-state index in [1.54, 1.807) is 6.20 Å². The number of carboxylic acid groups (broad SMARTS) is 1. The van der Waals surface area contributed by atoms with Crippen molar-refractivity contribution in [2.24, 2.45) is 7.05 Å². The van der Waals surface area contributed by atoms with Gasteiger partial charge in [0.15, 0.2) is 0 Å². The molecule has 0 aromatic carbocycles. The number of aryl methyl sites for hydroxylation is 1. The van der Waals surface area contributed by atoms with Gasteiger partial charge >= 0.3 is 5.97 Å². The van der Waals surface area contributed by atoms with Crippen LogP contribution in [0.1, 0.15) is 21.9 Å². The summed E-state index contributed by atoms with van der Waals surface area (Å²) in [4.78, 5) is 16.9. The first-order chi connectivity index (χ1) is 8.56. The number of aromatic nitrogens is 2. The predicted molar refractivity (Wildman–Crippen MR) is 64.0 cm³/mol. The Balaban J connectivity index is 1.96. The van der Waals surface area contributed by atoms with Crippen LogP contribution in [-0.2, 0) is 20.1 Å². The van der Waals surface area contributed by atoms with E-state index in [1.807, 2.05) is 29.8 Å². The summed E-state index contributed by atoms with van der Waals surface area (Å²) in [5, 5.41) is 8.79. The smallest absolute Gasteiger partial charge is 0.338 e. The van der Waals surface area contributed by atoms with Crippen LogP contribution < -0.4 is 0 Å². The third-order valence-electron chi connectivity index (χ3n) is 2.66. The molecule has 0 atom stereocenters. The SMILES string of the molecule is CN(Cc1cc(C(=O)O)co1)Cc1nccn1C. The monoisotopic (exact) mass is 249 g/mol. The van der Waals surface area contributed by atoms with E-state index in [1.165, 1.54) is 12.3 Å². The zero-order valence-electron chi connectivity index (χ0n) is 10.3. The molecule has 6 nitrogen and oxygen atoms in total. The normalized spacial score (nSPS) is 11.1. The van der Waals surface area contributed by atoms with Crippen molar-refractivity contribution < 1.29 is 14.3 Å². The van der Waals surface area contributed by atoms with Gasteiger partial charge in [0.1, 0.15) is 17.8 Å². The van der Waals surface area contributed by atoms with E-state index in [9.17, 15) is 4.79 Å². The van der Waals surface area contributed by atoms with Crippen LogP contribution in [0.4, 0.5) is 0 Å². The summed E-state index contributed by atoms with van der Waals surface area (Å²) < 4.78 is 7.14. The van der Waals surface area contributed by atoms with E-state index in [0.29, 0.717) is 18.8 Å². The van der Waals surface area contributed by atoms with Crippen molar-refractivity contribution in [1.82, 2.24) is 14.5 Å². The Morgan fingerprint density at radius 2 is 2.33 bits per heavy atom. The summed E-state index contributed by atoms with van der Waals surface area (Å²) >= 11 is 0. The lowest BCUT2D eigenvalue weighted by molar-refractivity contribution is 0.0696. The minimum Gasteiger partial charge on any atom is -0.478 e. The summed E-state index contributed by atoms with van der Waals surface area (Å²) in [6.07, 6.45) is 4.89. The predicted octanol–water partition coefficient (Wildman–Crippen LogP) is 1.34. The second kappa shape index (κ2) is 5.05. The first-order valence-electron chi connectivity index (χ1n) is 5.51. The topological polar surface area (TPSA) is 71.5 Å². The van der Waals surface area contributed by atoms with Crippen LogP contribution in [0.15, 0.2) is 29.1 Å². The maximum atomic E-state index is 10.7. The molecule has 0 bridgehead atoms. The summed E-state index contributed by atoms with van der Waals surface area (Å²) in [6.45, 7) is 1.22. The largest absolute Gasteiger partial charge is 0.478 e. The van der Waals surface area contributed by atoms with Crippen molar-refractivity contribution >= 4 is 5.97 Å². The van der Waals surface area contributed by atoms with Crippen LogP contribution in [0.25, 0.3) is 0 Å². The van der Waals surface area contributed by atoms with Gasteiger partial charge in [-0.05, 0) is 13.1 Å². The maximum Gasteiger partial charge on any atom is 0.338 e. The summed E-state index contributed by atoms with van der Waals surface area (Å²) in [5.74, 6) is 0.600. The molecule has 0 aliphatic carbocycles. The molecule has 0 saturated heterocycles. The van der Waals surface area contributed by atoms with E-state index in [0.717, 1.165) is 5.82 Å². The molecule has 2 rings (SSSR count). The molecular formula is C12H15N3O3. The molecule has 0 radical (unpaired) electrons. The van der Waals surface area contributed by atoms with Crippen molar-refractivity contribution in [2.45, 2.75) is 13.1 Å². The van der Waals surface area contributed by atoms with Crippen LogP contribution in [-0.4, -0.2) is 32.6 Å². The average Bonchev–Trinajstić information content (AvgIpc) is 2.89. The highest BCUT2D eigenvalue weighted by atomic mass is 16.4. The molecule has 0 aliphatic heterocycles. The number of aromatic carboxylic acids is 1. The highest BCUT2D eigenvalue weighted by Crippen LogP contribution is 2.11. The summed E-state index contributed by atoms with van der Waals surface area (Å²) in [7, 11) is 3.86. The number of carbonyl (C=O) groups is 1. The zero-order valence-corrected chi connectivity index (χ0v) is 10.3. The van der Waals surface area contributed by atoms with Crippen molar-refractivity contribution in [1.29, 1.82) is 0 Å². The number of imidazole rings is 1. The van der Waals surface area contributed by atoms with Crippen molar-refractivity contribution in [2.75, 3.05) is 7.05 Å². The highest BCUT2D eigenvalue weighted by Gasteiger charge is 2.11. The molecule has 2 heterocycles. The van der Waals surface area contributed by atoms with Crippen LogP contribution in [0.5, 0.6) is 0 Å². The van der Waals surface area contributed by atoms with Gasteiger partial charge in [-0.15, -0.1) is 0 Å². The quantitative estimate of drug-likeness (QED) is 0.865. The number of carboxylic acids is 1. The van der Waals surface area contributed by atoms with Gasteiger partial charge in [0.05, 0.1) is 18.7 Å². The number of hydrogen-bond acceptors (Lipinski definition) is 4. The number of nitrogens with zero attached hydrogens (tertiary/aromatic N) is 3. The van der Waals surface area contributed by atoms with E-state index in [2.05, 4.69) is 4.98 Å². The Kier molecular flexibility index (Phi) is 3.47. The maximum absolute atomic E-state index is 10.7. The van der Waals surface area contributed by atoms with Gasteiger partial charge < -0.3 is 14.1 Å². The van der Waals surface area contributed by atoms with Gasteiger partial charge in [-0.2, -0.15) is 0 Å². The first kappa shape index (κ1) is 12.4. The summed E-state index contributed by atoms with van der Waals surface area (Å²) in [6, 6.07) is 1.54. The third kappa shape index (κ3) is 2.78. The van der Waals surface area contributed by atoms with Crippen LogP contribution in [0, 0.1) is 0 Å². The number of rotatable bonds is 5. The molecule has 0 unspecified atom stereocenters. The fourth-order valence-electron chi connectivity index (χ4n) is 1.69. The fourth-order valence-corrected chi connectivity index (χ4v) is 1.69. The van der Waals surface area contributed by atoms with Gasteiger partial charge in [0, 0.05) is 19.4 Å². The minimum absolute atomic E-state index is 0.176. The van der Waals surface area contributed by atoms with Gasteiger partial charge in [-0.1, -0.05) is 0 Å². The molecular weight excluding hydrogens is 234 g/mol. The zero-order chi connectivity index (χ0) is 13.1. The molecule has 0 fully saturated rings. The number of hydrogen-bond donors (Lipinski definition) is 1. The van der Waals surface area contributed by atoms with Crippen molar-refractivity contribution in [3.8, 4) is 0 Å². The molecule has 0 amide bonds. The van der Waals surface area contributed by atoms with E-state index in [-0.39, 0.29) is 5.56 Å². The van der Waals surface area contributed by atoms with Crippen LogP contribution in [0.2, 0.25) is 0 Å². The Morgan fingerprint density at radius 1 is 1.56 bits per heavy atom. The Hall–Kier alpha value is -2.08. The molecule has 0 aliphatic rings. The minimum atomic E-state index is -0.975. The van der Waals surface area contributed by atoms with Crippen molar-refractivity contribution in [3.63, 3.8) is 0 Å². The second-order valence-corrected chi connectivity index (χ2v) is 4.23. The van der Waals surface area contributed by atoms with Crippen molar-refractivity contribution in [3.05, 3.63) is 41.9 Å². The Bertz CT molecular complexity index is 544. The third-order valence-corrected chi connectivity index (χ3v) is 2.66. The lowest BCUT2D eigenvalue weighted by Crippen LogP contribution is -2.19. The second-order valence-electron chi connectivity index (χ2n) is 4.23. The van der Waals surface area contributed by atoms with Gasteiger partial charge in [-0.25, -0.2) is 9.78 Å². The molecule has 0 spiro atoms. The lowest BCUT2D eigenvalue weighted by atomic mass is 10.3. The van der Waals surface area contributed by atoms with Crippen LogP contribution in [0.3, 0.4) is 0 Å². The fraction of sp³-hybridized carbons (Fsp3) is 0.333. The first-order valence-corrected chi connectivity index (χ1v) is 5.51. The van der Waals surface area contributed by atoms with Gasteiger partial charge in [-0.3, -0.25) is 4.90 Å². The average molecular weight is 249 g/mol. The van der Waals surface area contributed by atoms with Gasteiger partial charge in [0.25, 0.3) is 0 Å². The molecule has 2 aromatic rings. The summed E-state index contributed by atoms with van der Waals surface area (Å²) in [5.41, 5.74) is 0.176.